The Balaban J connectivity index is 0.000000771. The third-order valence-corrected chi connectivity index (χ3v) is 4.65. The van der Waals surface area contributed by atoms with E-state index in [4.69, 9.17) is 5.26 Å². The summed E-state index contributed by atoms with van der Waals surface area (Å²) in [4.78, 5) is 33.3. The molecule has 1 N–H and O–H groups in total. The fraction of sp³-hybridized carbons (Fsp3) is 0.478. The first-order valence-corrected chi connectivity index (χ1v) is 14.3. The van der Waals surface area contributed by atoms with Crippen LogP contribution in [0.25, 0.3) is 10.9 Å². The SMILES string of the molecule is CC.C[I-]C.N#CC1CCCC1C(=O)CCNC(=O)c1ccnc2ccccc12. The van der Waals surface area contributed by atoms with E-state index in [1.807, 2.05) is 38.1 Å². The number of alkyl halides is 2. The molecule has 1 aromatic carbocycles. The van der Waals surface area contributed by atoms with Crippen LogP contribution in [0, 0.1) is 23.2 Å². The minimum Gasteiger partial charge on any atom is -0.352 e. The van der Waals surface area contributed by atoms with Crippen molar-refractivity contribution in [2.45, 2.75) is 39.5 Å². The number of hydrogen-bond donors (Lipinski definition) is 1. The number of pyridine rings is 1. The number of halogens is 1. The maximum atomic E-state index is 12.4. The Labute approximate surface area is 184 Å². The smallest absolute Gasteiger partial charge is 0.252 e. The number of Topliss-reactive ketones (excluding diaryl/α,β-unsaturated/α-hetero) is 1. The predicted octanol–water partition coefficient (Wildman–Crippen LogP) is 1.22. The number of nitrogens with one attached hydrogen (secondary N) is 1. The molecule has 2 aromatic rings. The molecule has 0 bridgehead atoms. The Morgan fingerprint density at radius 2 is 1.90 bits per heavy atom. The number of para-hydroxylation sites is 1. The molecule has 1 saturated carbocycles. The number of nitriles is 1. The molecule has 2 unspecified atom stereocenters. The average molecular weight is 508 g/mol. The average Bonchev–Trinajstić information content (AvgIpc) is 3.24. The second-order valence-corrected chi connectivity index (χ2v) is 8.66. The van der Waals surface area contributed by atoms with Crippen molar-refractivity contribution in [1.29, 1.82) is 5.26 Å². The Hall–Kier alpha value is -2.01. The maximum absolute atomic E-state index is 12.4. The van der Waals surface area contributed by atoms with E-state index in [9.17, 15) is 9.59 Å². The summed E-state index contributed by atoms with van der Waals surface area (Å²) in [5.74, 6) is -0.436. The molecule has 158 valence electrons. The topological polar surface area (TPSA) is 82.9 Å². The number of hydrogen-bond acceptors (Lipinski definition) is 4. The number of aromatic nitrogens is 1. The summed E-state index contributed by atoms with van der Waals surface area (Å²) in [6.07, 6.45) is 4.42. The molecule has 2 atom stereocenters. The number of carbonyl (C=O) groups is 2. The zero-order chi connectivity index (χ0) is 21.6. The summed E-state index contributed by atoms with van der Waals surface area (Å²) in [7, 11) is 0. The normalized spacial score (nSPS) is 17.3. The van der Waals surface area contributed by atoms with Crippen molar-refractivity contribution in [1.82, 2.24) is 10.3 Å². The number of amides is 1. The summed E-state index contributed by atoms with van der Waals surface area (Å²) >= 11 is 0.590. The van der Waals surface area contributed by atoms with Gasteiger partial charge in [-0.1, -0.05) is 38.5 Å². The summed E-state index contributed by atoms with van der Waals surface area (Å²) in [6.45, 7) is 4.29. The molecular formula is C23H31IN3O2-. The van der Waals surface area contributed by atoms with Crippen LogP contribution in [0.1, 0.15) is 49.9 Å². The van der Waals surface area contributed by atoms with Crippen LogP contribution in [0.3, 0.4) is 0 Å². The molecule has 0 spiro atoms. The van der Waals surface area contributed by atoms with E-state index in [0.29, 0.717) is 33.3 Å². The van der Waals surface area contributed by atoms with Crippen LogP contribution in [0.15, 0.2) is 36.5 Å². The molecule has 6 heteroatoms. The monoisotopic (exact) mass is 508 g/mol. The van der Waals surface area contributed by atoms with E-state index in [2.05, 4.69) is 26.2 Å². The van der Waals surface area contributed by atoms with Gasteiger partial charge in [0.05, 0.1) is 23.1 Å². The van der Waals surface area contributed by atoms with Crippen LogP contribution in [-0.2, 0) is 4.79 Å². The van der Waals surface area contributed by atoms with Crippen LogP contribution in [0.2, 0.25) is 0 Å². The maximum Gasteiger partial charge on any atom is 0.252 e. The molecule has 1 aliphatic rings. The zero-order valence-electron chi connectivity index (χ0n) is 17.7. The fourth-order valence-electron chi connectivity index (χ4n) is 3.37. The molecule has 1 heterocycles. The van der Waals surface area contributed by atoms with Crippen molar-refractivity contribution in [2.24, 2.45) is 11.8 Å². The van der Waals surface area contributed by atoms with E-state index in [1.165, 1.54) is 0 Å². The third kappa shape index (κ3) is 7.39. The van der Waals surface area contributed by atoms with Gasteiger partial charge in [0.1, 0.15) is 5.78 Å². The van der Waals surface area contributed by atoms with Crippen LogP contribution >= 0.6 is 0 Å². The Bertz CT molecular complexity index is 827. The van der Waals surface area contributed by atoms with Gasteiger partial charge in [0.25, 0.3) is 5.91 Å². The first-order chi connectivity index (χ1) is 14.1. The number of ketones is 1. The van der Waals surface area contributed by atoms with Gasteiger partial charge >= 0.3 is 31.1 Å². The molecule has 5 nitrogen and oxygen atoms in total. The first-order valence-electron chi connectivity index (χ1n) is 10.0. The standard InChI is InChI=1S/C19H19N3O2.C2H6I.C2H6/c20-12-13-4-3-6-14(13)18(23)9-11-22-19(24)16-8-10-21-17-7-2-1-5-15(16)17;1-3-2;1-2/h1-2,5,7-8,10,13-14H,3-4,6,9,11H2,(H,22,24);1-2H3;1-2H3/q;-1;. The van der Waals surface area contributed by atoms with Crippen LogP contribution < -0.4 is 26.5 Å². The van der Waals surface area contributed by atoms with Gasteiger partial charge in [0, 0.05) is 30.5 Å². The van der Waals surface area contributed by atoms with Crippen molar-refractivity contribution >= 4 is 22.6 Å². The molecule has 1 fully saturated rings. The Morgan fingerprint density at radius 1 is 1.21 bits per heavy atom. The Kier molecular flexibility index (Phi) is 12.1. The minimum atomic E-state index is -0.204. The molecular weight excluding hydrogens is 477 g/mol. The number of nitrogens with zero attached hydrogens (tertiary/aromatic N) is 2. The van der Waals surface area contributed by atoms with E-state index in [-0.39, 0.29) is 29.9 Å². The van der Waals surface area contributed by atoms with Crippen LogP contribution in [0.5, 0.6) is 0 Å². The van der Waals surface area contributed by atoms with Gasteiger partial charge < -0.3 is 5.32 Å². The van der Waals surface area contributed by atoms with Crippen molar-refractivity contribution in [2.75, 3.05) is 16.4 Å². The van der Waals surface area contributed by atoms with Gasteiger partial charge in [-0.25, -0.2) is 0 Å². The largest absolute Gasteiger partial charge is 0.352 e. The van der Waals surface area contributed by atoms with Crippen molar-refractivity contribution < 1.29 is 30.8 Å². The number of fused-ring (bicyclic) bond motifs is 1. The third-order valence-electron chi connectivity index (χ3n) is 4.65. The summed E-state index contributed by atoms with van der Waals surface area (Å²) in [6, 6.07) is 11.4. The van der Waals surface area contributed by atoms with Gasteiger partial charge in [-0.2, -0.15) is 5.26 Å². The van der Waals surface area contributed by atoms with E-state index in [0.717, 1.165) is 30.2 Å². The van der Waals surface area contributed by atoms with E-state index >= 15 is 0 Å². The number of rotatable bonds is 5. The first kappa shape index (κ1) is 25.0. The second kappa shape index (κ2) is 14.0. The van der Waals surface area contributed by atoms with Gasteiger partial charge in [0.15, 0.2) is 0 Å². The molecule has 3 rings (SSSR count). The quantitative estimate of drug-likeness (QED) is 0.487. The van der Waals surface area contributed by atoms with Crippen molar-refractivity contribution in [3.8, 4) is 6.07 Å². The van der Waals surface area contributed by atoms with Gasteiger partial charge in [-0.05, 0) is 25.0 Å². The van der Waals surface area contributed by atoms with E-state index in [1.54, 1.807) is 12.3 Å². The molecule has 29 heavy (non-hydrogen) atoms. The molecule has 0 saturated heterocycles. The molecule has 1 aliphatic carbocycles. The van der Waals surface area contributed by atoms with Gasteiger partial charge in [0.2, 0.25) is 0 Å². The van der Waals surface area contributed by atoms with Gasteiger partial charge in [-0.3, -0.25) is 14.6 Å². The second-order valence-electron chi connectivity index (χ2n) is 6.50. The van der Waals surface area contributed by atoms with Crippen LogP contribution in [-0.4, -0.2) is 33.1 Å². The van der Waals surface area contributed by atoms with Crippen molar-refractivity contribution in [3.05, 3.63) is 42.1 Å². The predicted molar refractivity (Wildman–Crippen MR) is 113 cm³/mol. The number of carbonyl (C=O) groups excluding carboxylic acids is 2. The number of benzene rings is 1. The molecule has 0 aliphatic heterocycles. The summed E-state index contributed by atoms with van der Waals surface area (Å²) in [5, 5.41) is 12.7. The van der Waals surface area contributed by atoms with Gasteiger partial charge in [-0.15, -0.1) is 0 Å². The zero-order valence-corrected chi connectivity index (χ0v) is 19.9. The minimum absolute atomic E-state index is 0.0823. The van der Waals surface area contributed by atoms with Crippen molar-refractivity contribution in [3.63, 3.8) is 0 Å². The van der Waals surface area contributed by atoms with E-state index < -0.39 is 0 Å². The fourth-order valence-corrected chi connectivity index (χ4v) is 3.37. The Morgan fingerprint density at radius 3 is 2.59 bits per heavy atom. The molecule has 1 aromatic heterocycles. The summed E-state index contributed by atoms with van der Waals surface area (Å²) in [5.41, 5.74) is 1.33. The molecule has 0 radical (unpaired) electrons. The molecule has 1 amide bonds. The van der Waals surface area contributed by atoms with Crippen LogP contribution in [0.4, 0.5) is 0 Å². The summed E-state index contributed by atoms with van der Waals surface area (Å²) < 4.78 is 0.